The quantitative estimate of drug-likeness (QED) is 0.630. The number of benzene rings is 2. The molecule has 0 aliphatic heterocycles. The van der Waals surface area contributed by atoms with Gasteiger partial charge in [-0.3, -0.25) is 4.99 Å². The lowest BCUT2D eigenvalue weighted by Gasteiger charge is -2.18. The van der Waals surface area contributed by atoms with Gasteiger partial charge in [-0.15, -0.1) is 0 Å². The van der Waals surface area contributed by atoms with Gasteiger partial charge in [-0.05, 0) is 36.8 Å². The maximum atomic E-state index is 9.77. The van der Waals surface area contributed by atoms with Crippen molar-refractivity contribution in [3.05, 3.63) is 54.1 Å². The molecule has 0 aromatic heterocycles. The minimum atomic E-state index is 0.214. The lowest BCUT2D eigenvalue weighted by Crippen LogP contribution is -2.18. The maximum absolute atomic E-state index is 9.77. The minimum Gasteiger partial charge on any atom is -0.507 e. The second-order valence-corrected chi connectivity index (χ2v) is 5.07. The van der Waals surface area contributed by atoms with Gasteiger partial charge in [0.15, 0.2) is 0 Å². The second-order valence-electron chi connectivity index (χ2n) is 5.07. The van der Waals surface area contributed by atoms with Crippen LogP contribution in [0.3, 0.4) is 0 Å². The molecule has 0 heterocycles. The fourth-order valence-corrected chi connectivity index (χ4v) is 2.14. The lowest BCUT2D eigenvalue weighted by molar-refractivity contribution is 0.412. The van der Waals surface area contributed by atoms with Crippen LogP contribution in [0.4, 0.5) is 5.69 Å². The highest BCUT2D eigenvalue weighted by atomic mass is 16.5. The van der Waals surface area contributed by atoms with Crippen LogP contribution in [-0.4, -0.2) is 38.6 Å². The summed E-state index contributed by atoms with van der Waals surface area (Å²) in [6, 6.07) is 15.4. The first-order valence-electron chi connectivity index (χ1n) is 7.33. The molecular formula is C18H22N2O2. The highest BCUT2D eigenvalue weighted by Gasteiger charge is 2.01. The van der Waals surface area contributed by atoms with Gasteiger partial charge in [0.1, 0.15) is 11.5 Å². The lowest BCUT2D eigenvalue weighted by atomic mass is 10.2. The molecule has 4 nitrogen and oxygen atoms in total. The number of ether oxygens (including phenoxy) is 1. The molecule has 0 fully saturated rings. The smallest absolute Gasteiger partial charge is 0.124 e. The van der Waals surface area contributed by atoms with Crippen LogP contribution in [0.5, 0.6) is 11.5 Å². The standard InChI is InChI=1S/C18H22N2O2/c1-20(16-7-4-3-5-8-16)12-6-11-19-14-15-13-17(22-2)9-10-18(15)21/h3-5,7-10,13-14,21H,6,11-12H2,1-2H3. The highest BCUT2D eigenvalue weighted by Crippen LogP contribution is 2.21. The summed E-state index contributed by atoms with van der Waals surface area (Å²) in [6.07, 6.45) is 2.65. The molecule has 116 valence electrons. The monoisotopic (exact) mass is 298 g/mol. The summed E-state index contributed by atoms with van der Waals surface area (Å²) in [4.78, 5) is 6.58. The Hall–Kier alpha value is -2.49. The van der Waals surface area contributed by atoms with Gasteiger partial charge in [-0.25, -0.2) is 0 Å². The summed E-state index contributed by atoms with van der Waals surface area (Å²) >= 11 is 0. The van der Waals surface area contributed by atoms with Gasteiger partial charge in [0, 0.05) is 37.6 Å². The van der Waals surface area contributed by atoms with Gasteiger partial charge < -0.3 is 14.7 Å². The van der Waals surface area contributed by atoms with E-state index in [9.17, 15) is 5.11 Å². The molecule has 4 heteroatoms. The highest BCUT2D eigenvalue weighted by molar-refractivity contribution is 5.84. The number of phenols is 1. The predicted molar refractivity (Wildman–Crippen MR) is 91.4 cm³/mol. The first-order chi connectivity index (χ1) is 10.7. The molecule has 0 bridgehead atoms. The van der Waals surface area contributed by atoms with Crippen LogP contribution in [0.25, 0.3) is 0 Å². The molecule has 2 rings (SSSR count). The molecule has 0 aliphatic rings. The predicted octanol–water partition coefficient (Wildman–Crippen LogP) is 3.35. The van der Waals surface area contributed by atoms with Crippen LogP contribution in [0.2, 0.25) is 0 Å². The fourth-order valence-electron chi connectivity index (χ4n) is 2.14. The molecule has 22 heavy (non-hydrogen) atoms. The zero-order valence-electron chi connectivity index (χ0n) is 13.1. The minimum absolute atomic E-state index is 0.214. The number of methoxy groups -OCH3 is 1. The Labute approximate surface area is 131 Å². The van der Waals surface area contributed by atoms with E-state index in [-0.39, 0.29) is 5.75 Å². The SMILES string of the molecule is COc1ccc(O)c(C=NCCCN(C)c2ccccc2)c1. The Morgan fingerprint density at radius 1 is 1.18 bits per heavy atom. The molecule has 0 amide bonds. The normalized spacial score (nSPS) is 10.8. The van der Waals surface area contributed by atoms with Gasteiger partial charge in [0.2, 0.25) is 0 Å². The number of hydrogen-bond acceptors (Lipinski definition) is 4. The third kappa shape index (κ3) is 4.52. The van der Waals surface area contributed by atoms with Crippen LogP contribution in [0.1, 0.15) is 12.0 Å². The first kappa shape index (κ1) is 15.9. The molecule has 0 saturated carbocycles. The third-order valence-electron chi connectivity index (χ3n) is 3.44. The zero-order chi connectivity index (χ0) is 15.8. The van der Waals surface area contributed by atoms with Crippen LogP contribution in [0, 0.1) is 0 Å². The van der Waals surface area contributed by atoms with Crippen LogP contribution in [0.15, 0.2) is 53.5 Å². The average molecular weight is 298 g/mol. The van der Waals surface area contributed by atoms with Gasteiger partial charge >= 0.3 is 0 Å². The molecule has 0 saturated heterocycles. The number of rotatable bonds is 7. The number of para-hydroxylation sites is 1. The molecule has 2 aromatic rings. The maximum Gasteiger partial charge on any atom is 0.124 e. The summed E-state index contributed by atoms with van der Waals surface area (Å²) in [6.45, 7) is 1.65. The van der Waals surface area contributed by atoms with E-state index in [1.807, 2.05) is 18.2 Å². The van der Waals surface area contributed by atoms with E-state index in [1.165, 1.54) is 5.69 Å². The molecule has 0 aliphatic carbocycles. The molecular weight excluding hydrogens is 276 g/mol. The van der Waals surface area contributed by atoms with Gasteiger partial charge in [-0.1, -0.05) is 18.2 Å². The molecule has 0 spiro atoms. The van der Waals surface area contributed by atoms with Crippen molar-refractivity contribution in [2.45, 2.75) is 6.42 Å². The Bertz CT molecular complexity index is 612. The van der Waals surface area contributed by atoms with E-state index in [0.717, 1.165) is 13.0 Å². The average Bonchev–Trinajstić information content (AvgIpc) is 2.56. The number of aromatic hydroxyl groups is 1. The van der Waals surface area contributed by atoms with Crippen LogP contribution < -0.4 is 9.64 Å². The van der Waals surface area contributed by atoms with Gasteiger partial charge in [0.25, 0.3) is 0 Å². The molecule has 0 atom stereocenters. The van der Waals surface area contributed by atoms with Crippen molar-refractivity contribution in [3.63, 3.8) is 0 Å². The van der Waals surface area contributed by atoms with Gasteiger partial charge in [0.05, 0.1) is 7.11 Å². The van der Waals surface area contributed by atoms with E-state index in [4.69, 9.17) is 4.74 Å². The molecule has 1 N–H and O–H groups in total. The summed E-state index contributed by atoms with van der Waals surface area (Å²) < 4.78 is 5.14. The Balaban J connectivity index is 1.81. The molecule has 0 radical (unpaired) electrons. The Kier molecular flexibility index (Phi) is 5.83. The van der Waals surface area contributed by atoms with Crippen molar-refractivity contribution in [1.29, 1.82) is 0 Å². The molecule has 2 aromatic carbocycles. The van der Waals surface area contributed by atoms with E-state index >= 15 is 0 Å². The summed E-state index contributed by atoms with van der Waals surface area (Å²) in [5, 5.41) is 9.77. The molecule has 0 unspecified atom stereocenters. The van der Waals surface area contributed by atoms with Crippen molar-refractivity contribution in [2.24, 2.45) is 4.99 Å². The topological polar surface area (TPSA) is 45.1 Å². The van der Waals surface area contributed by atoms with Crippen molar-refractivity contribution in [3.8, 4) is 11.5 Å². The van der Waals surface area contributed by atoms with E-state index < -0.39 is 0 Å². The van der Waals surface area contributed by atoms with E-state index in [0.29, 0.717) is 17.9 Å². The first-order valence-corrected chi connectivity index (χ1v) is 7.33. The summed E-state index contributed by atoms with van der Waals surface area (Å²) in [5.41, 5.74) is 1.88. The van der Waals surface area contributed by atoms with Crippen LogP contribution in [-0.2, 0) is 0 Å². The van der Waals surface area contributed by atoms with Crippen LogP contribution >= 0.6 is 0 Å². The zero-order valence-corrected chi connectivity index (χ0v) is 13.1. The number of hydrogen-bond donors (Lipinski definition) is 1. The number of phenolic OH excluding ortho intramolecular Hbond substituents is 1. The van der Waals surface area contributed by atoms with Crippen molar-refractivity contribution in [1.82, 2.24) is 0 Å². The van der Waals surface area contributed by atoms with E-state index in [2.05, 4.69) is 29.1 Å². The largest absolute Gasteiger partial charge is 0.507 e. The third-order valence-corrected chi connectivity index (χ3v) is 3.44. The summed E-state index contributed by atoms with van der Waals surface area (Å²) in [5.74, 6) is 0.925. The number of aliphatic imine (C=N–C) groups is 1. The number of anilines is 1. The van der Waals surface area contributed by atoms with Gasteiger partial charge in [-0.2, -0.15) is 0 Å². The second kappa shape index (κ2) is 8.08. The van der Waals surface area contributed by atoms with Crippen molar-refractivity contribution < 1.29 is 9.84 Å². The fraction of sp³-hybridized carbons (Fsp3) is 0.278. The number of nitrogens with zero attached hydrogens (tertiary/aromatic N) is 2. The summed E-state index contributed by atoms with van der Waals surface area (Å²) in [7, 11) is 3.68. The Morgan fingerprint density at radius 2 is 1.95 bits per heavy atom. The van der Waals surface area contributed by atoms with E-state index in [1.54, 1.807) is 31.5 Å². The van der Waals surface area contributed by atoms with Crippen molar-refractivity contribution in [2.75, 3.05) is 32.1 Å². The Morgan fingerprint density at radius 3 is 2.68 bits per heavy atom. The van der Waals surface area contributed by atoms with Crippen molar-refractivity contribution >= 4 is 11.9 Å².